The Bertz CT molecular complexity index is 1010. The quantitative estimate of drug-likeness (QED) is 0.677. The SMILES string of the molecule is Cc1ccc(NC(=O)[C@@H]2[C@H]3C=C[C@]4(O3)[C@H](C(=O)NC3CCCCC3)N(C3CC3)C(=O)[C@@H]24)cc1. The molecule has 0 unspecified atom stereocenters. The van der Waals surface area contributed by atoms with Crippen molar-refractivity contribution < 1.29 is 19.1 Å². The van der Waals surface area contributed by atoms with E-state index in [1.54, 1.807) is 4.90 Å². The monoisotopic (exact) mass is 449 g/mol. The van der Waals surface area contributed by atoms with Crippen molar-refractivity contribution in [2.45, 2.75) is 81.7 Å². The number of hydrogen-bond acceptors (Lipinski definition) is 4. The highest BCUT2D eigenvalue weighted by atomic mass is 16.5. The van der Waals surface area contributed by atoms with Gasteiger partial charge in [-0.3, -0.25) is 14.4 Å². The lowest BCUT2D eigenvalue weighted by Crippen LogP contribution is -2.57. The summed E-state index contributed by atoms with van der Waals surface area (Å²) in [6.07, 6.45) is 10.5. The lowest BCUT2D eigenvalue weighted by molar-refractivity contribution is -0.142. The van der Waals surface area contributed by atoms with Crippen LogP contribution in [0.4, 0.5) is 5.69 Å². The van der Waals surface area contributed by atoms with E-state index in [9.17, 15) is 14.4 Å². The fourth-order valence-electron chi connectivity index (χ4n) is 6.34. The number of nitrogens with zero attached hydrogens (tertiary/aromatic N) is 1. The standard InChI is InChI=1S/C26H31N3O4/c1-15-7-9-17(10-8-15)27-23(30)20-19-13-14-26(33-19)21(20)25(32)29(18-11-12-18)22(26)24(31)28-16-5-3-2-4-6-16/h7-10,13-14,16,18-22H,2-6,11-12H2,1H3,(H,27,30)(H,28,31)/t19-,20-,21-,22+,26-/m1/s1. The first-order valence-electron chi connectivity index (χ1n) is 12.4. The summed E-state index contributed by atoms with van der Waals surface area (Å²) in [5.41, 5.74) is 0.747. The van der Waals surface area contributed by atoms with Crippen LogP contribution in [-0.2, 0) is 19.1 Å². The Hall–Kier alpha value is -2.67. The minimum Gasteiger partial charge on any atom is -0.359 e. The van der Waals surface area contributed by atoms with Gasteiger partial charge in [-0.2, -0.15) is 0 Å². The van der Waals surface area contributed by atoms with Gasteiger partial charge in [-0.05, 0) is 44.7 Å². The summed E-state index contributed by atoms with van der Waals surface area (Å²) in [6.45, 7) is 1.99. The number of anilines is 1. The van der Waals surface area contributed by atoms with E-state index in [1.165, 1.54) is 6.42 Å². The Morgan fingerprint density at radius 1 is 1.03 bits per heavy atom. The molecule has 33 heavy (non-hydrogen) atoms. The number of hydrogen-bond donors (Lipinski definition) is 2. The molecular weight excluding hydrogens is 418 g/mol. The zero-order valence-corrected chi connectivity index (χ0v) is 19.0. The van der Waals surface area contributed by atoms with Crippen LogP contribution < -0.4 is 10.6 Å². The van der Waals surface area contributed by atoms with Crippen LogP contribution in [0, 0.1) is 18.8 Å². The molecule has 7 nitrogen and oxygen atoms in total. The molecule has 5 aliphatic rings. The number of rotatable bonds is 5. The van der Waals surface area contributed by atoms with Gasteiger partial charge in [0, 0.05) is 17.8 Å². The molecule has 6 rings (SSSR count). The van der Waals surface area contributed by atoms with Gasteiger partial charge in [0.05, 0.1) is 17.9 Å². The predicted octanol–water partition coefficient (Wildman–Crippen LogP) is 2.70. The summed E-state index contributed by atoms with van der Waals surface area (Å²) in [5, 5.41) is 6.20. The highest BCUT2D eigenvalue weighted by Gasteiger charge is 2.74. The predicted molar refractivity (Wildman–Crippen MR) is 122 cm³/mol. The van der Waals surface area contributed by atoms with Crippen LogP contribution in [0.15, 0.2) is 36.4 Å². The number of carbonyl (C=O) groups is 3. The highest BCUT2D eigenvalue weighted by Crippen LogP contribution is 2.57. The molecule has 1 aromatic rings. The fraction of sp³-hybridized carbons (Fsp3) is 0.577. The van der Waals surface area contributed by atoms with Crippen molar-refractivity contribution in [1.29, 1.82) is 0 Å². The summed E-state index contributed by atoms with van der Waals surface area (Å²) in [6, 6.07) is 7.12. The first-order valence-corrected chi connectivity index (χ1v) is 12.4. The van der Waals surface area contributed by atoms with Gasteiger partial charge in [0.1, 0.15) is 11.6 Å². The molecule has 4 fully saturated rings. The fourth-order valence-corrected chi connectivity index (χ4v) is 6.34. The second kappa shape index (κ2) is 7.69. The summed E-state index contributed by atoms with van der Waals surface area (Å²) in [5.74, 6) is -1.78. The highest BCUT2D eigenvalue weighted by molar-refractivity contribution is 6.03. The van der Waals surface area contributed by atoms with Crippen molar-refractivity contribution in [2.24, 2.45) is 11.8 Å². The van der Waals surface area contributed by atoms with Gasteiger partial charge in [0.15, 0.2) is 0 Å². The second-order valence-corrected chi connectivity index (χ2v) is 10.4. The smallest absolute Gasteiger partial charge is 0.246 e. The third kappa shape index (κ3) is 3.31. The molecule has 2 saturated heterocycles. The van der Waals surface area contributed by atoms with Gasteiger partial charge in [-0.1, -0.05) is 49.1 Å². The number of likely N-dealkylation sites (tertiary alicyclic amines) is 1. The number of ether oxygens (including phenoxy) is 1. The maximum absolute atomic E-state index is 13.7. The summed E-state index contributed by atoms with van der Waals surface area (Å²) >= 11 is 0. The van der Waals surface area contributed by atoms with Crippen molar-refractivity contribution in [2.75, 3.05) is 5.32 Å². The minimum absolute atomic E-state index is 0.0661. The van der Waals surface area contributed by atoms with E-state index in [1.807, 2.05) is 43.3 Å². The van der Waals surface area contributed by atoms with E-state index in [0.717, 1.165) is 44.1 Å². The van der Waals surface area contributed by atoms with Crippen molar-refractivity contribution in [3.63, 3.8) is 0 Å². The number of benzene rings is 1. The van der Waals surface area contributed by atoms with Crippen LogP contribution in [0.25, 0.3) is 0 Å². The van der Waals surface area contributed by atoms with Crippen molar-refractivity contribution in [3.05, 3.63) is 42.0 Å². The molecule has 174 valence electrons. The molecule has 1 spiro atoms. The van der Waals surface area contributed by atoms with Crippen LogP contribution in [-0.4, -0.2) is 52.5 Å². The van der Waals surface area contributed by atoms with E-state index in [-0.39, 0.29) is 29.8 Å². The van der Waals surface area contributed by atoms with Crippen LogP contribution in [0.1, 0.15) is 50.5 Å². The van der Waals surface area contributed by atoms with Gasteiger partial charge in [-0.25, -0.2) is 0 Å². The molecule has 7 heteroatoms. The normalized spacial score (nSPS) is 35.1. The van der Waals surface area contributed by atoms with Crippen molar-refractivity contribution in [1.82, 2.24) is 10.2 Å². The second-order valence-electron chi connectivity index (χ2n) is 10.4. The largest absolute Gasteiger partial charge is 0.359 e. The molecule has 0 aromatic heterocycles. The Morgan fingerprint density at radius 3 is 2.45 bits per heavy atom. The Kier molecular flexibility index (Phi) is 4.87. The van der Waals surface area contributed by atoms with Crippen LogP contribution >= 0.6 is 0 Å². The molecule has 2 aliphatic carbocycles. The molecule has 5 atom stereocenters. The molecular formula is C26H31N3O4. The van der Waals surface area contributed by atoms with E-state index < -0.39 is 29.6 Å². The molecule has 2 saturated carbocycles. The van der Waals surface area contributed by atoms with Gasteiger partial charge < -0.3 is 20.3 Å². The zero-order valence-electron chi connectivity index (χ0n) is 19.0. The van der Waals surface area contributed by atoms with Gasteiger partial charge >= 0.3 is 0 Å². The number of amides is 3. The van der Waals surface area contributed by atoms with E-state index in [2.05, 4.69) is 10.6 Å². The van der Waals surface area contributed by atoms with E-state index >= 15 is 0 Å². The van der Waals surface area contributed by atoms with Gasteiger partial charge in [-0.15, -0.1) is 0 Å². The Morgan fingerprint density at radius 2 is 1.76 bits per heavy atom. The maximum atomic E-state index is 13.7. The number of fused-ring (bicyclic) bond motifs is 1. The Balaban J connectivity index is 1.29. The lowest BCUT2D eigenvalue weighted by atomic mass is 9.74. The average Bonchev–Trinajstić information content (AvgIpc) is 3.40. The average molecular weight is 450 g/mol. The Labute approximate surface area is 193 Å². The molecule has 1 aromatic carbocycles. The summed E-state index contributed by atoms with van der Waals surface area (Å²) < 4.78 is 6.38. The van der Waals surface area contributed by atoms with Crippen LogP contribution in [0.2, 0.25) is 0 Å². The summed E-state index contributed by atoms with van der Waals surface area (Å²) in [4.78, 5) is 42.4. The lowest BCUT2D eigenvalue weighted by Gasteiger charge is -2.34. The van der Waals surface area contributed by atoms with Gasteiger partial charge in [0.2, 0.25) is 17.7 Å². The van der Waals surface area contributed by atoms with Crippen molar-refractivity contribution in [3.8, 4) is 0 Å². The third-order valence-electron chi connectivity index (χ3n) is 8.07. The molecule has 3 amide bonds. The number of aryl methyl sites for hydroxylation is 1. The maximum Gasteiger partial charge on any atom is 0.246 e. The topological polar surface area (TPSA) is 87.7 Å². The minimum atomic E-state index is -1.06. The molecule has 0 radical (unpaired) electrons. The van der Waals surface area contributed by atoms with Crippen LogP contribution in [0.5, 0.6) is 0 Å². The summed E-state index contributed by atoms with van der Waals surface area (Å²) in [7, 11) is 0. The molecule has 3 heterocycles. The molecule has 2 N–H and O–H groups in total. The van der Waals surface area contributed by atoms with E-state index in [4.69, 9.17) is 4.74 Å². The van der Waals surface area contributed by atoms with Crippen LogP contribution in [0.3, 0.4) is 0 Å². The van der Waals surface area contributed by atoms with E-state index in [0.29, 0.717) is 5.69 Å². The number of carbonyl (C=O) groups excluding carboxylic acids is 3. The zero-order chi connectivity index (χ0) is 22.7. The molecule has 2 bridgehead atoms. The first kappa shape index (κ1) is 20.9. The van der Waals surface area contributed by atoms with Gasteiger partial charge in [0.25, 0.3) is 0 Å². The third-order valence-corrected chi connectivity index (χ3v) is 8.07. The number of nitrogens with one attached hydrogen (secondary N) is 2. The first-order chi connectivity index (χ1) is 16.0. The molecule has 3 aliphatic heterocycles. The van der Waals surface area contributed by atoms with Crippen molar-refractivity contribution >= 4 is 23.4 Å².